The summed E-state index contributed by atoms with van der Waals surface area (Å²) in [7, 11) is 1.91. The topological polar surface area (TPSA) is 57.1 Å². The van der Waals surface area contributed by atoms with Crippen LogP contribution < -0.4 is 20.8 Å². The zero-order chi connectivity index (χ0) is 17.5. The van der Waals surface area contributed by atoms with Gasteiger partial charge in [0, 0.05) is 13.1 Å². The Morgan fingerprint density at radius 3 is 2.39 bits per heavy atom. The molecule has 124 valence electrons. The molecule has 0 N–H and O–H groups in total. The molecule has 2 rings (SSSR count). The van der Waals surface area contributed by atoms with Gasteiger partial charge in [0.25, 0.3) is 0 Å². The maximum Gasteiger partial charge on any atom is 0.431 e. The van der Waals surface area contributed by atoms with E-state index in [1.807, 2.05) is 0 Å². The molecule has 0 amide bonds. The van der Waals surface area contributed by atoms with E-state index in [1.54, 1.807) is 0 Å². The van der Waals surface area contributed by atoms with Crippen molar-refractivity contribution in [2.75, 3.05) is 7.11 Å². The molecule has 11 heteroatoms. The van der Waals surface area contributed by atoms with E-state index in [0.717, 1.165) is 26.4 Å². The van der Waals surface area contributed by atoms with Crippen molar-refractivity contribution in [2.45, 2.75) is 6.18 Å². The van der Waals surface area contributed by atoms with Crippen molar-refractivity contribution >= 4 is 11.6 Å². The predicted molar refractivity (Wildman–Crippen MR) is 69.9 cm³/mol. The molecule has 2 aromatic heterocycles. The van der Waals surface area contributed by atoms with Crippen LogP contribution >= 0.6 is 11.6 Å². The van der Waals surface area contributed by atoms with Crippen LogP contribution in [0, 0.1) is 5.82 Å². The quantitative estimate of drug-likeness (QED) is 0.589. The summed E-state index contributed by atoms with van der Waals surface area (Å²) < 4.78 is 53.5. The second kappa shape index (κ2) is 5.69. The standard InChI is InChI=1S/C12H9ClF4N3O3/c1-18-8(12(15,16)17)4-9(21)20(11(18)22)10-7(14)3-6(13)5-19(10)23-2/h3-5H,1-2H3/q+1. The highest BCUT2D eigenvalue weighted by Gasteiger charge is 2.37. The molecule has 0 fully saturated rings. The first-order chi connectivity index (χ1) is 10.6. The molecule has 2 aromatic rings. The summed E-state index contributed by atoms with van der Waals surface area (Å²) in [6, 6.07) is 0.978. The smallest absolute Gasteiger partial charge is 0.339 e. The van der Waals surface area contributed by atoms with E-state index in [0.29, 0.717) is 4.73 Å². The summed E-state index contributed by atoms with van der Waals surface area (Å²) in [5.74, 6) is -1.82. The van der Waals surface area contributed by atoms with Gasteiger partial charge in [-0.15, -0.1) is 0 Å². The van der Waals surface area contributed by atoms with E-state index in [-0.39, 0.29) is 20.2 Å². The normalized spacial score (nSPS) is 11.6. The summed E-state index contributed by atoms with van der Waals surface area (Å²) in [5.41, 5.74) is -4.22. The molecule has 23 heavy (non-hydrogen) atoms. The van der Waals surface area contributed by atoms with Crippen molar-refractivity contribution < 1.29 is 27.1 Å². The van der Waals surface area contributed by atoms with Gasteiger partial charge in [0.15, 0.2) is 6.20 Å². The molecule has 0 spiro atoms. The van der Waals surface area contributed by atoms with Crippen LogP contribution in [0.3, 0.4) is 0 Å². The second-order valence-electron chi connectivity index (χ2n) is 4.38. The van der Waals surface area contributed by atoms with Gasteiger partial charge >= 0.3 is 23.2 Å². The van der Waals surface area contributed by atoms with E-state index in [9.17, 15) is 27.2 Å². The number of nitrogens with zero attached hydrogens (tertiary/aromatic N) is 3. The second-order valence-corrected chi connectivity index (χ2v) is 4.82. The number of hydrogen-bond donors (Lipinski definition) is 0. The molecule has 0 aliphatic heterocycles. The van der Waals surface area contributed by atoms with Crippen LogP contribution in [0.5, 0.6) is 0 Å². The highest BCUT2D eigenvalue weighted by atomic mass is 35.5. The van der Waals surface area contributed by atoms with Crippen molar-refractivity contribution in [3.8, 4) is 5.82 Å². The Hall–Kier alpha value is -2.36. The molecule has 0 saturated carbocycles. The van der Waals surface area contributed by atoms with Gasteiger partial charge in [-0.05, 0) is 4.73 Å². The van der Waals surface area contributed by atoms with Gasteiger partial charge in [0.1, 0.15) is 12.8 Å². The Balaban J connectivity index is 2.90. The first-order valence-electron chi connectivity index (χ1n) is 5.93. The summed E-state index contributed by atoms with van der Waals surface area (Å²) in [5, 5.41) is -0.107. The first kappa shape index (κ1) is 17.0. The van der Waals surface area contributed by atoms with Crippen LogP contribution in [-0.4, -0.2) is 16.2 Å². The van der Waals surface area contributed by atoms with Crippen LogP contribution in [0.15, 0.2) is 27.9 Å². The molecule has 0 saturated heterocycles. The van der Waals surface area contributed by atoms with E-state index in [2.05, 4.69) is 0 Å². The molecule has 0 bridgehead atoms. The minimum absolute atomic E-state index is 0.107. The Bertz CT molecular complexity index is 889. The van der Waals surface area contributed by atoms with E-state index >= 15 is 0 Å². The maximum absolute atomic E-state index is 14.1. The molecular weight excluding hydrogens is 346 g/mol. The third-order valence-electron chi connectivity index (χ3n) is 2.95. The van der Waals surface area contributed by atoms with Gasteiger partial charge in [-0.2, -0.15) is 17.6 Å². The SMILES string of the molecule is CO[n+]1cc(Cl)cc(F)c1-n1c(=O)cc(C(F)(F)F)n(C)c1=O. The Morgan fingerprint density at radius 2 is 1.87 bits per heavy atom. The van der Waals surface area contributed by atoms with Crippen LogP contribution in [0.2, 0.25) is 5.02 Å². The van der Waals surface area contributed by atoms with E-state index in [1.165, 1.54) is 0 Å². The van der Waals surface area contributed by atoms with Crippen LogP contribution in [0.4, 0.5) is 17.6 Å². The average molecular weight is 355 g/mol. The number of aromatic nitrogens is 3. The van der Waals surface area contributed by atoms with Gasteiger partial charge < -0.3 is 4.84 Å². The largest absolute Gasteiger partial charge is 0.431 e. The summed E-state index contributed by atoms with van der Waals surface area (Å²) in [4.78, 5) is 28.8. The minimum atomic E-state index is -4.91. The third-order valence-corrected chi connectivity index (χ3v) is 3.15. The minimum Gasteiger partial charge on any atom is -0.339 e. The molecule has 0 aliphatic rings. The molecule has 0 unspecified atom stereocenters. The third kappa shape index (κ3) is 2.93. The Morgan fingerprint density at radius 1 is 1.26 bits per heavy atom. The van der Waals surface area contributed by atoms with Gasteiger partial charge in [-0.1, -0.05) is 16.2 Å². The number of halogens is 5. The zero-order valence-electron chi connectivity index (χ0n) is 11.7. The molecule has 0 aliphatic carbocycles. The highest BCUT2D eigenvalue weighted by Crippen LogP contribution is 2.26. The summed E-state index contributed by atoms with van der Waals surface area (Å²) in [6.45, 7) is 0. The van der Waals surface area contributed by atoms with Crippen LogP contribution in [-0.2, 0) is 13.2 Å². The van der Waals surface area contributed by atoms with Gasteiger partial charge in [0.2, 0.25) is 5.82 Å². The van der Waals surface area contributed by atoms with Gasteiger partial charge in [-0.25, -0.2) is 9.59 Å². The monoisotopic (exact) mass is 354 g/mol. The van der Waals surface area contributed by atoms with E-state index < -0.39 is 34.8 Å². The zero-order valence-corrected chi connectivity index (χ0v) is 12.4. The predicted octanol–water partition coefficient (Wildman–Crippen LogP) is 0.693. The fraction of sp³-hybridized carbons (Fsp3) is 0.250. The first-order valence-corrected chi connectivity index (χ1v) is 6.31. The van der Waals surface area contributed by atoms with E-state index in [4.69, 9.17) is 16.4 Å². The molecule has 2 heterocycles. The Kier molecular flexibility index (Phi) is 4.20. The lowest BCUT2D eigenvalue weighted by molar-refractivity contribution is -0.881. The lowest BCUT2D eigenvalue weighted by atomic mass is 10.3. The maximum atomic E-state index is 14.1. The molecule has 0 radical (unpaired) electrons. The molecule has 0 atom stereocenters. The van der Waals surface area contributed by atoms with Gasteiger partial charge in [0.05, 0.1) is 11.1 Å². The van der Waals surface area contributed by atoms with Crippen LogP contribution in [0.1, 0.15) is 5.69 Å². The number of pyridine rings is 1. The lowest BCUT2D eigenvalue weighted by Gasteiger charge is -2.11. The molecular formula is C12H9ClF4N3O3+. The number of alkyl halides is 3. The number of hydrogen-bond acceptors (Lipinski definition) is 3. The lowest BCUT2D eigenvalue weighted by Crippen LogP contribution is -2.51. The Labute approximate surface area is 130 Å². The number of rotatable bonds is 2. The van der Waals surface area contributed by atoms with Crippen molar-refractivity contribution in [2.24, 2.45) is 7.05 Å². The van der Waals surface area contributed by atoms with Crippen LogP contribution in [0.25, 0.3) is 5.82 Å². The fourth-order valence-electron chi connectivity index (χ4n) is 1.94. The summed E-state index contributed by atoms with van der Waals surface area (Å²) in [6.07, 6.45) is -3.87. The van der Waals surface area contributed by atoms with Crippen molar-refractivity contribution in [3.63, 3.8) is 0 Å². The average Bonchev–Trinajstić information content (AvgIpc) is 2.43. The van der Waals surface area contributed by atoms with Crippen molar-refractivity contribution in [3.05, 3.63) is 55.7 Å². The molecule has 0 aromatic carbocycles. The van der Waals surface area contributed by atoms with Crippen molar-refractivity contribution in [1.29, 1.82) is 0 Å². The molecule has 6 nitrogen and oxygen atoms in total. The fourth-order valence-corrected chi connectivity index (χ4v) is 2.12. The van der Waals surface area contributed by atoms with Gasteiger partial charge in [-0.3, -0.25) is 4.57 Å². The summed E-state index contributed by atoms with van der Waals surface area (Å²) >= 11 is 5.62. The van der Waals surface area contributed by atoms with Crippen molar-refractivity contribution in [1.82, 2.24) is 9.13 Å². The highest BCUT2D eigenvalue weighted by molar-refractivity contribution is 6.30.